The van der Waals surface area contributed by atoms with E-state index in [1.165, 1.54) is 7.11 Å². The molecule has 4 atom stereocenters. The largest absolute Gasteiger partial charge is 0.467 e. The van der Waals surface area contributed by atoms with Crippen molar-refractivity contribution < 1.29 is 18.8 Å². The van der Waals surface area contributed by atoms with Gasteiger partial charge in [0.1, 0.15) is 5.01 Å². The number of fused-ring (bicyclic) bond motifs is 1. The minimum absolute atomic E-state index is 0.0217. The lowest BCUT2D eigenvalue weighted by Crippen LogP contribution is -2.65. The zero-order valence-corrected chi connectivity index (χ0v) is 21.8. The van der Waals surface area contributed by atoms with Crippen molar-refractivity contribution in [3.63, 3.8) is 0 Å². The standard InChI is InChI=1S/C24H33N2O4SSi/c1-14(2)19(23(28)29-6)26-20(21-25-16-11-9-10-12-17(16)31-21)18(22(26)27)15(24(3,4)5)13-30-32(7)8/h9-12,15,18-20H,1,13H2,2-8H3/t15-,18+,19?,20-/m1/s1. The molecule has 32 heavy (non-hydrogen) atoms. The van der Waals surface area contributed by atoms with Gasteiger partial charge in [-0.1, -0.05) is 39.5 Å². The van der Waals surface area contributed by atoms with Gasteiger partial charge < -0.3 is 14.1 Å². The number of hydrogen-bond donors (Lipinski definition) is 0. The molecule has 1 aromatic heterocycles. The highest BCUT2D eigenvalue weighted by Crippen LogP contribution is 2.52. The summed E-state index contributed by atoms with van der Waals surface area (Å²) in [5.74, 6) is -0.904. The van der Waals surface area contributed by atoms with Crippen molar-refractivity contribution in [2.24, 2.45) is 17.3 Å². The summed E-state index contributed by atoms with van der Waals surface area (Å²) in [5, 5.41) is 0.832. The van der Waals surface area contributed by atoms with Crippen molar-refractivity contribution in [1.29, 1.82) is 0 Å². The molecule has 6 nitrogen and oxygen atoms in total. The van der Waals surface area contributed by atoms with Crippen LogP contribution in [-0.2, 0) is 18.8 Å². The minimum atomic E-state index is -0.911. The number of aromatic nitrogens is 1. The number of β-lactam (4-membered cyclic amide) rings is 1. The zero-order chi connectivity index (χ0) is 23.8. The molecule has 173 valence electrons. The maximum atomic E-state index is 13.7. The molecule has 2 aromatic rings. The molecule has 0 N–H and O–H groups in total. The number of thiazole rings is 1. The summed E-state index contributed by atoms with van der Waals surface area (Å²) < 4.78 is 12.2. The van der Waals surface area contributed by atoms with Gasteiger partial charge in [0.05, 0.1) is 29.3 Å². The van der Waals surface area contributed by atoms with Crippen LogP contribution in [0.5, 0.6) is 0 Å². The van der Waals surface area contributed by atoms with E-state index in [0.717, 1.165) is 15.2 Å². The second-order valence-electron chi connectivity index (χ2n) is 9.70. The number of hydrogen-bond acceptors (Lipinski definition) is 6. The van der Waals surface area contributed by atoms with Gasteiger partial charge in [-0.3, -0.25) is 4.79 Å². The van der Waals surface area contributed by atoms with Crippen LogP contribution in [-0.4, -0.2) is 50.6 Å². The third-order valence-electron chi connectivity index (χ3n) is 6.01. The Bertz CT molecular complexity index is 980. The number of para-hydroxylation sites is 1. The normalized spacial score (nSPS) is 20.9. The predicted octanol–water partition coefficient (Wildman–Crippen LogP) is 4.84. The molecular formula is C24H33N2O4SSi. The molecule has 1 aromatic carbocycles. The zero-order valence-electron chi connectivity index (χ0n) is 20.0. The SMILES string of the molecule is C=C(C)C(C(=O)OC)N1C(=O)[C@@H]([C@@H](CO[Si](C)C)C(C)(C)C)[C@@H]1c1nc2ccccc2s1. The first-order valence-electron chi connectivity index (χ1n) is 10.8. The first-order chi connectivity index (χ1) is 15.0. The van der Waals surface area contributed by atoms with Gasteiger partial charge in [-0.05, 0) is 49.1 Å². The number of ether oxygens (including phenoxy) is 1. The molecule has 1 unspecified atom stereocenters. The Labute approximate surface area is 196 Å². The van der Waals surface area contributed by atoms with Crippen LogP contribution in [0.1, 0.15) is 38.7 Å². The van der Waals surface area contributed by atoms with Crippen molar-refractivity contribution in [2.75, 3.05) is 13.7 Å². The molecule has 2 heterocycles. The Morgan fingerprint density at radius 1 is 1.31 bits per heavy atom. The first-order valence-corrected chi connectivity index (χ1v) is 14.0. The van der Waals surface area contributed by atoms with Gasteiger partial charge in [0.2, 0.25) is 14.9 Å². The quantitative estimate of drug-likeness (QED) is 0.237. The first kappa shape index (κ1) is 24.6. The van der Waals surface area contributed by atoms with Crippen LogP contribution in [0.2, 0.25) is 13.1 Å². The van der Waals surface area contributed by atoms with Crippen LogP contribution >= 0.6 is 11.3 Å². The number of nitrogens with zero attached hydrogens (tertiary/aromatic N) is 2. The van der Waals surface area contributed by atoms with E-state index in [9.17, 15) is 9.59 Å². The third-order valence-corrected chi connectivity index (χ3v) is 7.86. The fourth-order valence-electron chi connectivity index (χ4n) is 4.32. The van der Waals surface area contributed by atoms with Gasteiger partial charge in [0, 0.05) is 6.61 Å². The molecule has 8 heteroatoms. The van der Waals surface area contributed by atoms with Crippen LogP contribution in [0.3, 0.4) is 0 Å². The van der Waals surface area contributed by atoms with Crippen LogP contribution in [0.4, 0.5) is 0 Å². The Balaban J connectivity index is 2.10. The average molecular weight is 474 g/mol. The molecule has 1 saturated heterocycles. The molecule has 0 spiro atoms. The van der Waals surface area contributed by atoms with E-state index in [1.54, 1.807) is 23.2 Å². The van der Waals surface area contributed by atoms with Crippen LogP contribution in [0.25, 0.3) is 10.2 Å². The number of carbonyl (C=O) groups is 2. The lowest BCUT2D eigenvalue weighted by molar-refractivity contribution is -0.177. The summed E-state index contributed by atoms with van der Waals surface area (Å²) in [7, 11) is 0.427. The van der Waals surface area contributed by atoms with Crippen molar-refractivity contribution in [1.82, 2.24) is 9.88 Å². The molecular weight excluding hydrogens is 440 g/mol. The molecule has 1 aliphatic heterocycles. The molecule has 3 rings (SSSR count). The summed E-state index contributed by atoms with van der Waals surface area (Å²) >= 11 is 1.57. The van der Waals surface area contributed by atoms with Gasteiger partial charge in [0.15, 0.2) is 6.04 Å². The lowest BCUT2D eigenvalue weighted by Gasteiger charge is -2.54. The maximum absolute atomic E-state index is 13.7. The molecule has 0 saturated carbocycles. The van der Waals surface area contributed by atoms with Gasteiger partial charge in [-0.15, -0.1) is 11.3 Å². The number of carbonyl (C=O) groups excluding carboxylic acids is 2. The number of rotatable bonds is 8. The van der Waals surface area contributed by atoms with E-state index >= 15 is 0 Å². The lowest BCUT2D eigenvalue weighted by atomic mass is 9.66. The van der Waals surface area contributed by atoms with Crippen LogP contribution < -0.4 is 0 Å². The van der Waals surface area contributed by atoms with E-state index in [-0.39, 0.29) is 29.2 Å². The number of methoxy groups -OCH3 is 1. The molecule has 0 aliphatic carbocycles. The molecule has 1 radical (unpaired) electrons. The maximum Gasteiger partial charge on any atom is 0.332 e. The highest BCUT2D eigenvalue weighted by atomic mass is 32.1. The van der Waals surface area contributed by atoms with E-state index in [1.807, 2.05) is 24.3 Å². The number of likely N-dealkylation sites (tertiary alicyclic amines) is 1. The van der Waals surface area contributed by atoms with E-state index in [0.29, 0.717) is 12.2 Å². The Morgan fingerprint density at radius 3 is 2.50 bits per heavy atom. The topological polar surface area (TPSA) is 68.7 Å². The fourth-order valence-corrected chi connectivity index (χ4v) is 5.94. The van der Waals surface area contributed by atoms with Crippen molar-refractivity contribution >= 4 is 42.5 Å². The van der Waals surface area contributed by atoms with Crippen molar-refractivity contribution in [2.45, 2.75) is 52.9 Å². The van der Waals surface area contributed by atoms with Gasteiger partial charge in [0.25, 0.3) is 0 Å². The van der Waals surface area contributed by atoms with E-state index < -0.39 is 21.1 Å². The van der Waals surface area contributed by atoms with Gasteiger partial charge in [-0.25, -0.2) is 9.78 Å². The molecule has 0 bridgehead atoms. The molecule has 1 fully saturated rings. The monoisotopic (exact) mass is 473 g/mol. The number of esters is 1. The Kier molecular flexibility index (Phi) is 7.27. The second kappa shape index (κ2) is 9.45. The van der Waals surface area contributed by atoms with Crippen LogP contribution in [0.15, 0.2) is 36.4 Å². The Hall–Kier alpha value is -2.03. The smallest absolute Gasteiger partial charge is 0.332 e. The number of benzene rings is 1. The predicted molar refractivity (Wildman–Crippen MR) is 130 cm³/mol. The summed E-state index contributed by atoms with van der Waals surface area (Å²) in [5.41, 5.74) is 1.31. The van der Waals surface area contributed by atoms with E-state index in [2.05, 4.69) is 40.4 Å². The summed E-state index contributed by atoms with van der Waals surface area (Å²) in [6, 6.07) is 6.76. The van der Waals surface area contributed by atoms with Crippen molar-refractivity contribution in [3.8, 4) is 0 Å². The van der Waals surface area contributed by atoms with Gasteiger partial charge in [-0.2, -0.15) is 0 Å². The summed E-state index contributed by atoms with van der Waals surface area (Å²) in [6.07, 6.45) is 0. The third kappa shape index (κ3) is 4.67. The number of amides is 1. The fraction of sp³-hybridized carbons (Fsp3) is 0.542. The molecule has 1 aliphatic rings. The highest BCUT2D eigenvalue weighted by molar-refractivity contribution is 7.18. The van der Waals surface area contributed by atoms with Crippen molar-refractivity contribution in [3.05, 3.63) is 41.4 Å². The average Bonchev–Trinajstić information content (AvgIpc) is 3.13. The van der Waals surface area contributed by atoms with Crippen LogP contribution in [0, 0.1) is 17.3 Å². The Morgan fingerprint density at radius 2 is 1.97 bits per heavy atom. The van der Waals surface area contributed by atoms with Gasteiger partial charge >= 0.3 is 5.97 Å². The highest BCUT2D eigenvalue weighted by Gasteiger charge is 2.59. The molecule has 1 amide bonds. The minimum Gasteiger partial charge on any atom is -0.467 e. The van der Waals surface area contributed by atoms with E-state index in [4.69, 9.17) is 14.1 Å². The summed E-state index contributed by atoms with van der Waals surface area (Å²) in [6.45, 7) is 16.9. The second-order valence-corrected chi connectivity index (χ2v) is 12.9. The summed E-state index contributed by atoms with van der Waals surface area (Å²) in [4.78, 5) is 32.8.